The molecule has 0 aliphatic carbocycles. The number of carbonyl (C=O) groups excluding carboxylic acids is 1. The van der Waals surface area contributed by atoms with Crippen LogP contribution in [-0.2, 0) is 6.42 Å². The van der Waals surface area contributed by atoms with Crippen LogP contribution < -0.4 is 5.32 Å². The van der Waals surface area contributed by atoms with Gasteiger partial charge in [0.25, 0.3) is 5.91 Å². The number of amides is 1. The molecule has 0 aliphatic rings. The van der Waals surface area contributed by atoms with Gasteiger partial charge in [0, 0.05) is 12.0 Å². The first-order valence-electron chi connectivity index (χ1n) is 6.53. The Morgan fingerprint density at radius 2 is 1.59 bits per heavy atom. The van der Waals surface area contributed by atoms with Crippen LogP contribution in [0, 0.1) is 5.82 Å². The van der Waals surface area contributed by atoms with Crippen molar-refractivity contribution in [2.45, 2.75) is 18.6 Å². The van der Waals surface area contributed by atoms with E-state index >= 15 is 0 Å². The molecule has 0 saturated carbocycles. The summed E-state index contributed by atoms with van der Waals surface area (Å²) in [6.45, 7) is 0. The lowest BCUT2D eigenvalue weighted by atomic mass is 10.0. The predicted molar refractivity (Wildman–Crippen MR) is 73.9 cm³/mol. The van der Waals surface area contributed by atoms with Crippen molar-refractivity contribution in [3.63, 3.8) is 0 Å². The van der Waals surface area contributed by atoms with Gasteiger partial charge < -0.3 is 5.32 Å². The molecule has 2 aromatic carbocycles. The molecular formula is C16H13F4NO. The third-order valence-corrected chi connectivity index (χ3v) is 3.09. The van der Waals surface area contributed by atoms with Gasteiger partial charge in [-0.2, -0.15) is 13.2 Å². The number of carbonyl (C=O) groups is 1. The van der Waals surface area contributed by atoms with E-state index in [1.165, 1.54) is 24.3 Å². The van der Waals surface area contributed by atoms with E-state index in [-0.39, 0.29) is 11.1 Å². The molecule has 22 heavy (non-hydrogen) atoms. The first-order chi connectivity index (χ1) is 10.4. The molecule has 0 heterocycles. The van der Waals surface area contributed by atoms with Crippen LogP contribution in [0.3, 0.4) is 0 Å². The average molecular weight is 311 g/mol. The van der Waals surface area contributed by atoms with E-state index < -0.39 is 30.4 Å². The Morgan fingerprint density at radius 1 is 1.00 bits per heavy atom. The Labute approximate surface area is 124 Å². The molecule has 1 N–H and O–H groups in total. The van der Waals surface area contributed by atoms with Gasteiger partial charge in [0.1, 0.15) is 11.9 Å². The van der Waals surface area contributed by atoms with Crippen LogP contribution in [0.1, 0.15) is 15.9 Å². The fourth-order valence-corrected chi connectivity index (χ4v) is 1.94. The van der Waals surface area contributed by atoms with Crippen LogP contribution in [-0.4, -0.2) is 18.1 Å². The summed E-state index contributed by atoms with van der Waals surface area (Å²) in [5.74, 6) is -1.33. The second-order valence-electron chi connectivity index (χ2n) is 4.76. The van der Waals surface area contributed by atoms with Crippen LogP contribution in [0.15, 0.2) is 54.6 Å². The normalized spacial score (nSPS) is 12.7. The molecule has 0 spiro atoms. The van der Waals surface area contributed by atoms with Crippen molar-refractivity contribution in [2.75, 3.05) is 0 Å². The lowest BCUT2D eigenvalue weighted by molar-refractivity contribution is -0.153. The van der Waals surface area contributed by atoms with Crippen molar-refractivity contribution >= 4 is 5.91 Å². The van der Waals surface area contributed by atoms with Gasteiger partial charge >= 0.3 is 6.18 Å². The van der Waals surface area contributed by atoms with Crippen LogP contribution in [0.5, 0.6) is 0 Å². The second kappa shape index (κ2) is 6.60. The highest BCUT2D eigenvalue weighted by molar-refractivity contribution is 5.94. The molecule has 1 amide bonds. The highest BCUT2D eigenvalue weighted by Gasteiger charge is 2.40. The van der Waals surface area contributed by atoms with Gasteiger partial charge in [0.15, 0.2) is 0 Å². The van der Waals surface area contributed by atoms with Gasteiger partial charge in [-0.1, -0.05) is 30.3 Å². The summed E-state index contributed by atoms with van der Waals surface area (Å²) in [5, 5.41) is 1.98. The molecule has 0 aromatic heterocycles. The highest BCUT2D eigenvalue weighted by atomic mass is 19.4. The fraction of sp³-hybridized carbons (Fsp3) is 0.188. The predicted octanol–water partition coefficient (Wildman–Crippen LogP) is 3.73. The SMILES string of the molecule is O=C(N[C@@H](Cc1ccc(F)cc1)C(F)(F)F)c1ccccc1. The molecule has 116 valence electrons. The largest absolute Gasteiger partial charge is 0.408 e. The van der Waals surface area contributed by atoms with E-state index in [9.17, 15) is 22.4 Å². The van der Waals surface area contributed by atoms with E-state index in [2.05, 4.69) is 0 Å². The maximum Gasteiger partial charge on any atom is 0.408 e. The van der Waals surface area contributed by atoms with E-state index in [4.69, 9.17) is 0 Å². The molecule has 6 heteroatoms. The van der Waals surface area contributed by atoms with Crippen molar-refractivity contribution < 1.29 is 22.4 Å². The van der Waals surface area contributed by atoms with Gasteiger partial charge in [-0.05, 0) is 29.8 Å². The second-order valence-corrected chi connectivity index (χ2v) is 4.76. The first-order valence-corrected chi connectivity index (χ1v) is 6.53. The van der Waals surface area contributed by atoms with Crippen molar-refractivity contribution in [2.24, 2.45) is 0 Å². The Kier molecular flexibility index (Phi) is 4.80. The lowest BCUT2D eigenvalue weighted by Gasteiger charge is -2.22. The standard InChI is InChI=1S/C16H13F4NO/c17-13-8-6-11(7-9-13)10-14(16(18,19)20)21-15(22)12-4-2-1-3-5-12/h1-9,14H,10H2,(H,21,22)/t14-/m0/s1. The number of hydrogen-bond donors (Lipinski definition) is 1. The third-order valence-electron chi connectivity index (χ3n) is 3.09. The number of hydrogen-bond acceptors (Lipinski definition) is 1. The summed E-state index contributed by atoms with van der Waals surface area (Å²) in [5.41, 5.74) is 0.438. The molecule has 2 aromatic rings. The minimum absolute atomic E-state index is 0.149. The number of nitrogens with one attached hydrogen (secondary N) is 1. The van der Waals surface area contributed by atoms with E-state index in [0.717, 1.165) is 12.1 Å². The van der Waals surface area contributed by atoms with Crippen LogP contribution >= 0.6 is 0 Å². The monoisotopic (exact) mass is 311 g/mol. The van der Waals surface area contributed by atoms with Gasteiger partial charge in [0.2, 0.25) is 0 Å². The maximum atomic E-state index is 13.1. The number of alkyl halides is 3. The number of benzene rings is 2. The zero-order chi connectivity index (χ0) is 16.2. The molecule has 0 bridgehead atoms. The molecule has 0 aliphatic heterocycles. The maximum absolute atomic E-state index is 13.1. The van der Waals surface area contributed by atoms with Gasteiger partial charge in [0.05, 0.1) is 0 Å². The van der Waals surface area contributed by atoms with Crippen molar-refractivity contribution in [3.05, 3.63) is 71.5 Å². The molecule has 2 nitrogen and oxygen atoms in total. The Morgan fingerprint density at radius 3 is 2.14 bits per heavy atom. The number of rotatable bonds is 4. The van der Waals surface area contributed by atoms with Gasteiger partial charge in [-0.3, -0.25) is 4.79 Å². The fourth-order valence-electron chi connectivity index (χ4n) is 1.94. The van der Waals surface area contributed by atoms with Crippen LogP contribution in [0.4, 0.5) is 17.6 Å². The smallest absolute Gasteiger partial charge is 0.340 e. The highest BCUT2D eigenvalue weighted by Crippen LogP contribution is 2.23. The average Bonchev–Trinajstić information content (AvgIpc) is 2.48. The van der Waals surface area contributed by atoms with E-state index in [0.29, 0.717) is 0 Å². The molecule has 2 rings (SSSR count). The van der Waals surface area contributed by atoms with Gasteiger partial charge in [-0.25, -0.2) is 4.39 Å². The molecule has 0 unspecified atom stereocenters. The Hall–Kier alpha value is -2.37. The molecule has 0 saturated heterocycles. The number of halogens is 4. The molecule has 0 fully saturated rings. The molecule has 0 radical (unpaired) electrons. The summed E-state index contributed by atoms with van der Waals surface area (Å²) < 4.78 is 52.0. The summed E-state index contributed by atoms with van der Waals surface area (Å²) in [6, 6.07) is 10.3. The first kappa shape index (κ1) is 16.0. The molecular weight excluding hydrogens is 298 g/mol. The Bertz CT molecular complexity index is 623. The zero-order valence-electron chi connectivity index (χ0n) is 11.4. The summed E-state index contributed by atoms with van der Waals surface area (Å²) in [7, 11) is 0. The minimum Gasteiger partial charge on any atom is -0.340 e. The van der Waals surface area contributed by atoms with Crippen LogP contribution in [0.2, 0.25) is 0 Å². The van der Waals surface area contributed by atoms with Crippen molar-refractivity contribution in [1.29, 1.82) is 0 Å². The quantitative estimate of drug-likeness (QED) is 0.857. The Balaban J connectivity index is 2.13. The van der Waals surface area contributed by atoms with Crippen molar-refractivity contribution in [1.82, 2.24) is 5.32 Å². The van der Waals surface area contributed by atoms with E-state index in [1.54, 1.807) is 18.2 Å². The van der Waals surface area contributed by atoms with Crippen molar-refractivity contribution in [3.8, 4) is 0 Å². The summed E-state index contributed by atoms with van der Waals surface area (Å²) in [4.78, 5) is 11.9. The van der Waals surface area contributed by atoms with E-state index in [1.807, 2.05) is 5.32 Å². The van der Waals surface area contributed by atoms with Gasteiger partial charge in [-0.15, -0.1) is 0 Å². The summed E-state index contributed by atoms with van der Waals surface area (Å²) >= 11 is 0. The molecule has 1 atom stereocenters. The lowest BCUT2D eigenvalue weighted by Crippen LogP contribution is -2.46. The third kappa shape index (κ3) is 4.31. The minimum atomic E-state index is -4.60. The topological polar surface area (TPSA) is 29.1 Å². The summed E-state index contributed by atoms with van der Waals surface area (Å²) in [6.07, 6.45) is -5.05. The van der Waals surface area contributed by atoms with Crippen LogP contribution in [0.25, 0.3) is 0 Å². The zero-order valence-corrected chi connectivity index (χ0v) is 11.4.